The Bertz CT molecular complexity index is 754. The number of carbonyl (C=O) groups excluding carboxylic acids is 1. The largest absolute Gasteiger partial charge is 0.465 e. The third-order valence-corrected chi connectivity index (χ3v) is 5.54. The minimum atomic E-state index is -0.356. The minimum absolute atomic E-state index is 0.0675. The number of nitrogens with one attached hydrogen (secondary N) is 2. The highest BCUT2D eigenvalue weighted by molar-refractivity contribution is 7.80. The van der Waals surface area contributed by atoms with Crippen LogP contribution in [-0.4, -0.2) is 18.2 Å². The summed E-state index contributed by atoms with van der Waals surface area (Å²) in [4.78, 5) is 13.1. The molecule has 2 aromatic rings. The molecule has 1 aromatic carbocycles. The Balaban J connectivity index is 2.03. The van der Waals surface area contributed by atoms with Crippen molar-refractivity contribution in [2.24, 2.45) is 0 Å². The normalized spacial score (nSPS) is 11.7. The lowest BCUT2D eigenvalue weighted by Gasteiger charge is -2.17. The zero-order valence-electron chi connectivity index (χ0n) is 15.7. The van der Waals surface area contributed by atoms with Gasteiger partial charge in [0.25, 0.3) is 0 Å². The zero-order valence-corrected chi connectivity index (χ0v) is 17.4. The van der Waals surface area contributed by atoms with E-state index in [-0.39, 0.29) is 12.0 Å². The second kappa shape index (κ2) is 9.69. The third-order valence-electron chi connectivity index (χ3n) is 4.13. The van der Waals surface area contributed by atoms with Gasteiger partial charge in [-0.1, -0.05) is 44.5 Å². The lowest BCUT2D eigenvalue weighted by molar-refractivity contribution is 0.0602. The molecule has 0 radical (unpaired) electrons. The van der Waals surface area contributed by atoms with Gasteiger partial charge >= 0.3 is 5.97 Å². The highest BCUT2D eigenvalue weighted by Crippen LogP contribution is 2.29. The first-order valence-electron chi connectivity index (χ1n) is 8.85. The van der Waals surface area contributed by atoms with Gasteiger partial charge in [-0.3, -0.25) is 0 Å². The number of carbonyl (C=O) groups is 1. The van der Waals surface area contributed by atoms with E-state index in [9.17, 15) is 4.79 Å². The molecule has 0 bridgehead atoms. The fourth-order valence-electron chi connectivity index (χ4n) is 2.65. The molecule has 0 fully saturated rings. The molecule has 0 aliphatic heterocycles. The topological polar surface area (TPSA) is 50.4 Å². The number of benzene rings is 1. The fourth-order valence-corrected chi connectivity index (χ4v) is 3.98. The number of thiophene rings is 1. The zero-order chi connectivity index (χ0) is 19.1. The highest BCUT2D eigenvalue weighted by atomic mass is 32.1. The Morgan fingerprint density at radius 3 is 2.54 bits per heavy atom. The van der Waals surface area contributed by atoms with Gasteiger partial charge in [-0.05, 0) is 49.2 Å². The summed E-state index contributed by atoms with van der Waals surface area (Å²) in [6.45, 7) is 6.30. The van der Waals surface area contributed by atoms with E-state index in [2.05, 4.69) is 55.7 Å². The molecule has 26 heavy (non-hydrogen) atoms. The van der Waals surface area contributed by atoms with Crippen LogP contribution in [0, 0.1) is 0 Å². The van der Waals surface area contributed by atoms with Crippen LogP contribution in [0.4, 0.5) is 5.00 Å². The van der Waals surface area contributed by atoms with Gasteiger partial charge in [0.1, 0.15) is 5.00 Å². The predicted molar refractivity (Wildman–Crippen MR) is 113 cm³/mol. The molecule has 0 amide bonds. The number of anilines is 1. The minimum Gasteiger partial charge on any atom is -0.465 e. The summed E-state index contributed by atoms with van der Waals surface area (Å²) in [7, 11) is 1.39. The van der Waals surface area contributed by atoms with Gasteiger partial charge in [-0.2, -0.15) is 0 Å². The van der Waals surface area contributed by atoms with Crippen LogP contribution >= 0.6 is 23.6 Å². The van der Waals surface area contributed by atoms with Gasteiger partial charge in [-0.15, -0.1) is 11.3 Å². The Hall–Kier alpha value is -1.92. The number of thiocarbonyl (C=S) groups is 1. The van der Waals surface area contributed by atoms with E-state index >= 15 is 0 Å². The van der Waals surface area contributed by atoms with Gasteiger partial charge in [0.15, 0.2) is 5.11 Å². The first-order chi connectivity index (χ1) is 12.5. The number of aryl methyl sites for hydroxylation is 2. The first-order valence-corrected chi connectivity index (χ1v) is 10.1. The molecular weight excluding hydrogens is 364 g/mol. The average Bonchev–Trinajstić information content (AvgIpc) is 3.04. The van der Waals surface area contributed by atoms with Crippen molar-refractivity contribution in [3.05, 3.63) is 51.9 Å². The SMILES string of the molecule is CCCc1ccc(C(C)NC(=S)Nc2sc(CC)cc2C(=O)OC)cc1. The van der Waals surface area contributed by atoms with Crippen molar-refractivity contribution in [1.82, 2.24) is 5.32 Å². The summed E-state index contributed by atoms with van der Waals surface area (Å²) in [6, 6.07) is 10.5. The summed E-state index contributed by atoms with van der Waals surface area (Å²) in [5.41, 5.74) is 3.04. The maximum atomic E-state index is 12.0. The van der Waals surface area contributed by atoms with Gasteiger partial charge in [-0.25, -0.2) is 4.79 Å². The Morgan fingerprint density at radius 2 is 1.96 bits per heavy atom. The molecule has 6 heteroatoms. The van der Waals surface area contributed by atoms with Crippen molar-refractivity contribution in [3.63, 3.8) is 0 Å². The lowest BCUT2D eigenvalue weighted by Crippen LogP contribution is -2.31. The Morgan fingerprint density at radius 1 is 1.27 bits per heavy atom. The van der Waals surface area contributed by atoms with E-state index < -0.39 is 0 Å². The van der Waals surface area contributed by atoms with Crippen molar-refractivity contribution in [1.29, 1.82) is 0 Å². The maximum absolute atomic E-state index is 12.0. The van der Waals surface area contributed by atoms with E-state index in [1.54, 1.807) is 0 Å². The molecule has 0 saturated heterocycles. The summed E-state index contributed by atoms with van der Waals surface area (Å²) < 4.78 is 4.86. The fraction of sp³-hybridized carbons (Fsp3) is 0.400. The number of methoxy groups -OCH3 is 1. The molecule has 1 heterocycles. The molecule has 1 aromatic heterocycles. The number of esters is 1. The number of ether oxygens (including phenoxy) is 1. The van der Waals surface area contributed by atoms with Crippen molar-refractivity contribution in [2.45, 2.75) is 46.1 Å². The van der Waals surface area contributed by atoms with E-state index in [0.717, 1.165) is 29.1 Å². The number of hydrogen-bond acceptors (Lipinski definition) is 4. The molecular formula is C20H26N2O2S2. The molecule has 1 atom stereocenters. The van der Waals surface area contributed by atoms with Crippen LogP contribution in [0.3, 0.4) is 0 Å². The van der Waals surface area contributed by atoms with E-state index in [0.29, 0.717) is 10.7 Å². The molecule has 4 nitrogen and oxygen atoms in total. The quantitative estimate of drug-likeness (QED) is 0.509. The van der Waals surface area contributed by atoms with Crippen LogP contribution in [0.2, 0.25) is 0 Å². The van der Waals surface area contributed by atoms with Gasteiger partial charge < -0.3 is 15.4 Å². The molecule has 1 unspecified atom stereocenters. The van der Waals surface area contributed by atoms with Gasteiger partial charge in [0.05, 0.1) is 18.7 Å². The smallest absolute Gasteiger partial charge is 0.340 e. The molecule has 140 valence electrons. The van der Waals surface area contributed by atoms with Crippen LogP contribution in [0.5, 0.6) is 0 Å². The molecule has 0 aliphatic rings. The standard InChI is InChI=1S/C20H26N2O2S2/c1-5-7-14-8-10-15(11-9-14)13(3)21-20(25)22-18-17(19(23)24-4)12-16(6-2)26-18/h8-13H,5-7H2,1-4H3,(H2,21,22,25). The van der Waals surface area contributed by atoms with E-state index in [1.807, 2.05) is 6.07 Å². The maximum Gasteiger partial charge on any atom is 0.340 e. The van der Waals surface area contributed by atoms with Crippen molar-refractivity contribution in [2.75, 3.05) is 12.4 Å². The van der Waals surface area contributed by atoms with Crippen LogP contribution in [0.25, 0.3) is 0 Å². The van der Waals surface area contributed by atoms with E-state index in [1.165, 1.54) is 29.6 Å². The predicted octanol–water partition coefficient (Wildman–Crippen LogP) is 5.10. The van der Waals surface area contributed by atoms with Gasteiger partial charge in [0.2, 0.25) is 0 Å². The second-order valence-electron chi connectivity index (χ2n) is 6.11. The number of rotatable bonds is 7. The van der Waals surface area contributed by atoms with Crippen LogP contribution < -0.4 is 10.6 Å². The lowest BCUT2D eigenvalue weighted by atomic mass is 10.0. The molecule has 0 spiro atoms. The third kappa shape index (κ3) is 5.29. The Labute approximate surface area is 165 Å². The molecule has 0 aliphatic carbocycles. The summed E-state index contributed by atoms with van der Waals surface area (Å²) in [5.74, 6) is -0.356. The Kier molecular flexibility index (Phi) is 7.60. The number of hydrogen-bond donors (Lipinski definition) is 2. The van der Waals surface area contributed by atoms with Crippen LogP contribution in [0.1, 0.15) is 59.6 Å². The summed E-state index contributed by atoms with van der Waals surface area (Å²) in [6.07, 6.45) is 3.10. The van der Waals surface area contributed by atoms with Crippen molar-refractivity contribution in [3.8, 4) is 0 Å². The molecule has 0 saturated carbocycles. The highest BCUT2D eigenvalue weighted by Gasteiger charge is 2.17. The summed E-state index contributed by atoms with van der Waals surface area (Å²) >= 11 is 6.96. The van der Waals surface area contributed by atoms with Crippen LogP contribution in [-0.2, 0) is 17.6 Å². The van der Waals surface area contributed by atoms with Gasteiger partial charge in [0, 0.05) is 4.88 Å². The molecule has 2 N–H and O–H groups in total. The van der Waals surface area contributed by atoms with Crippen molar-refractivity contribution >= 4 is 39.6 Å². The summed E-state index contributed by atoms with van der Waals surface area (Å²) in [5, 5.41) is 7.64. The van der Waals surface area contributed by atoms with Crippen LogP contribution in [0.15, 0.2) is 30.3 Å². The molecule has 2 rings (SSSR count). The van der Waals surface area contributed by atoms with Crippen molar-refractivity contribution < 1.29 is 9.53 Å². The van der Waals surface area contributed by atoms with E-state index in [4.69, 9.17) is 17.0 Å². The first kappa shape index (κ1) is 20.4. The second-order valence-corrected chi connectivity index (χ2v) is 7.66. The monoisotopic (exact) mass is 390 g/mol. The average molecular weight is 391 g/mol.